The molecular formula is C71H92FN11O21. The number of fused-ring (bicyclic) bond motifs is 5. The van der Waals surface area contributed by atoms with Crippen molar-refractivity contribution in [1.29, 1.82) is 0 Å². The van der Waals surface area contributed by atoms with Gasteiger partial charge in [-0.25, -0.2) is 14.2 Å². The molecule has 9 N–H and O–H groups in total. The number of hydrogen-bond acceptors (Lipinski definition) is 22. The first-order valence-corrected chi connectivity index (χ1v) is 34.8. The van der Waals surface area contributed by atoms with Crippen molar-refractivity contribution < 1.29 is 100 Å². The number of cyclic esters (lactones) is 1. The predicted molar refractivity (Wildman–Crippen MR) is 368 cm³/mol. The third-order valence-corrected chi connectivity index (χ3v) is 17.6. The highest BCUT2D eigenvalue weighted by molar-refractivity contribution is 6.12. The van der Waals surface area contributed by atoms with E-state index in [0.29, 0.717) is 136 Å². The van der Waals surface area contributed by atoms with Crippen LogP contribution in [0.4, 0.5) is 4.39 Å². The molecule has 104 heavy (non-hydrogen) atoms. The zero-order valence-corrected chi connectivity index (χ0v) is 58.7. The second kappa shape index (κ2) is 40.5. The van der Waals surface area contributed by atoms with Crippen molar-refractivity contribution in [3.8, 4) is 11.4 Å². The summed E-state index contributed by atoms with van der Waals surface area (Å²) in [6.07, 6.45) is 3.57. The number of carbonyl (C=O) groups is 11. The Morgan fingerprint density at radius 2 is 1.29 bits per heavy atom. The summed E-state index contributed by atoms with van der Waals surface area (Å²) in [6.45, 7) is 7.07. The second-order valence-electron chi connectivity index (χ2n) is 24.9. The van der Waals surface area contributed by atoms with Gasteiger partial charge in [-0.2, -0.15) is 0 Å². The standard InChI is InChI=1S/C71H92FN11O21/c1-4-71(96)50-35-55-67-48(40-83(55)69(94)49(50)41-104-70(71)95)66-52(16-15-47-44(3)51(72)36-53(81-67)65(47)66)79-62(90)42-103-43-77-60(88)38-76-68(93)54(32-45-12-8-6-9-13-45)80-61(89)39-75-59(87)37-74-58(86)34-46(78-56(84)14-10-7-11-20-82-63(91)17-18-64(82)92)33-57(85)73-19-21-98-24-25-100-28-29-102-31-30-101-27-26-99-23-22-97-5-2/h6,8-9,12-13,17-18,35-36,46,52,54,96H,4-5,7,10-11,14-16,19-34,37-43H2,1-3H3,(H,73,85)(H,74,86)(H,75,87)(H,76,93)(H,77,88)(H,78,84)(H,79,90)(H,80,89)/t46?,52-,54-,71-/m0/s1. The van der Waals surface area contributed by atoms with Crippen LogP contribution in [0, 0.1) is 12.7 Å². The number of esters is 1. The Kier molecular flexibility index (Phi) is 31.3. The van der Waals surface area contributed by atoms with Gasteiger partial charge in [0.05, 0.1) is 127 Å². The smallest absolute Gasteiger partial charge is 0.343 e. The number of aliphatic hydroxyl groups is 1. The SMILES string of the molecule is CCOCCOCCOCCOCCOCCOCCNC(=O)CC(CC(=O)NCC(=O)NCC(=O)N[C@@H](Cc1ccccc1)C(=O)NCC(=O)NCOCC(=O)N[C@H]1CCc2c(C)c(F)cc3nc4c(c1c23)Cn1c-4cc2c(c1=O)COC(=O)[C@]2(O)CC)NC(=O)CCCCCN1C(=O)C=CC1=O. The number of benzene rings is 2. The van der Waals surface area contributed by atoms with E-state index in [1.165, 1.54) is 22.8 Å². The molecule has 10 amide bonds. The van der Waals surface area contributed by atoms with E-state index in [9.17, 15) is 62.6 Å². The molecule has 4 aromatic rings. The molecule has 32 nitrogen and oxygen atoms in total. The summed E-state index contributed by atoms with van der Waals surface area (Å²) < 4.78 is 60.3. The fourth-order valence-corrected chi connectivity index (χ4v) is 12.2. The summed E-state index contributed by atoms with van der Waals surface area (Å²) >= 11 is 0. The Hall–Kier alpha value is -9.48. The quantitative estimate of drug-likeness (QED) is 0.0105. The van der Waals surface area contributed by atoms with Crippen LogP contribution in [0.2, 0.25) is 0 Å². The minimum absolute atomic E-state index is 0.00554. The predicted octanol–water partition coefficient (Wildman–Crippen LogP) is -0.217. The van der Waals surface area contributed by atoms with Gasteiger partial charge in [0, 0.05) is 86.2 Å². The number of amides is 10. The number of aromatic nitrogens is 2. The first-order chi connectivity index (χ1) is 50.2. The minimum Gasteiger partial charge on any atom is -0.458 e. The number of carbonyl (C=O) groups excluding carboxylic acids is 11. The van der Waals surface area contributed by atoms with E-state index in [1.54, 1.807) is 50.2 Å². The summed E-state index contributed by atoms with van der Waals surface area (Å²) in [7, 11) is 0. The van der Waals surface area contributed by atoms with Crippen molar-refractivity contribution in [2.24, 2.45) is 0 Å². The maximum absolute atomic E-state index is 15.5. The molecule has 5 heterocycles. The van der Waals surface area contributed by atoms with Crippen LogP contribution in [0.25, 0.3) is 22.3 Å². The largest absolute Gasteiger partial charge is 0.458 e. The Morgan fingerprint density at radius 3 is 1.95 bits per heavy atom. The Morgan fingerprint density at radius 1 is 0.673 bits per heavy atom. The first kappa shape index (κ1) is 80.2. The van der Waals surface area contributed by atoms with Crippen LogP contribution in [-0.4, -0.2) is 222 Å². The van der Waals surface area contributed by atoms with Crippen molar-refractivity contribution in [3.63, 3.8) is 0 Å². The third-order valence-electron chi connectivity index (χ3n) is 17.6. The molecule has 2 aromatic carbocycles. The molecule has 4 aliphatic rings. The number of hydrogen-bond donors (Lipinski definition) is 9. The molecule has 0 saturated carbocycles. The number of rotatable bonds is 46. The van der Waals surface area contributed by atoms with Crippen molar-refractivity contribution in [2.75, 3.05) is 125 Å². The number of pyridine rings is 2. The lowest BCUT2D eigenvalue weighted by atomic mass is 9.81. The lowest BCUT2D eigenvalue weighted by molar-refractivity contribution is -0.172. The number of unbranched alkanes of at least 4 members (excludes halogenated alkanes) is 2. The van der Waals surface area contributed by atoms with Crippen molar-refractivity contribution in [2.45, 2.75) is 122 Å². The molecule has 4 atom stereocenters. The van der Waals surface area contributed by atoms with Gasteiger partial charge in [0.1, 0.15) is 31.8 Å². The highest BCUT2D eigenvalue weighted by Crippen LogP contribution is 2.46. The molecule has 8 rings (SSSR count). The Balaban J connectivity index is 0.749. The molecule has 0 spiro atoms. The van der Waals surface area contributed by atoms with Crippen LogP contribution < -0.4 is 48.1 Å². The van der Waals surface area contributed by atoms with Crippen LogP contribution >= 0.6 is 0 Å². The van der Waals surface area contributed by atoms with E-state index in [1.807, 2.05) is 6.92 Å². The summed E-state index contributed by atoms with van der Waals surface area (Å²) in [5.41, 5.74) is 1.58. The highest BCUT2D eigenvalue weighted by atomic mass is 19.1. The van der Waals surface area contributed by atoms with Gasteiger partial charge in [-0.1, -0.05) is 43.7 Å². The van der Waals surface area contributed by atoms with Gasteiger partial charge in [0.15, 0.2) is 5.60 Å². The number of ether oxygens (including phenoxy) is 8. The molecule has 564 valence electrons. The molecule has 0 radical (unpaired) electrons. The minimum atomic E-state index is -2.08. The summed E-state index contributed by atoms with van der Waals surface area (Å²) in [5.74, 6) is -7.55. The normalized spacial score (nSPS) is 16.0. The van der Waals surface area contributed by atoms with Crippen molar-refractivity contribution in [1.82, 2.24) is 57.0 Å². The first-order valence-electron chi connectivity index (χ1n) is 34.8. The van der Waals surface area contributed by atoms with Crippen LogP contribution in [0.1, 0.15) is 110 Å². The number of halogens is 1. The number of nitrogens with one attached hydrogen (secondary N) is 8. The monoisotopic (exact) mass is 1450 g/mol. The fraction of sp³-hybridized carbons (Fsp3) is 0.535. The summed E-state index contributed by atoms with van der Waals surface area (Å²) in [5, 5.41) is 32.7. The number of nitrogens with zero attached hydrogens (tertiary/aromatic N) is 3. The van der Waals surface area contributed by atoms with Gasteiger partial charge < -0.3 is 90.1 Å². The van der Waals surface area contributed by atoms with Crippen molar-refractivity contribution >= 4 is 75.9 Å². The molecule has 0 saturated heterocycles. The van der Waals surface area contributed by atoms with E-state index in [2.05, 4.69) is 42.5 Å². The molecule has 1 unspecified atom stereocenters. The van der Waals surface area contributed by atoms with Gasteiger partial charge in [0.25, 0.3) is 17.4 Å². The highest BCUT2D eigenvalue weighted by Gasteiger charge is 2.46. The maximum Gasteiger partial charge on any atom is 0.343 e. The van der Waals surface area contributed by atoms with Crippen LogP contribution in [-0.2, 0) is 122 Å². The summed E-state index contributed by atoms with van der Waals surface area (Å²) in [6, 6.07) is 8.54. The van der Waals surface area contributed by atoms with E-state index in [4.69, 9.17) is 42.9 Å². The summed E-state index contributed by atoms with van der Waals surface area (Å²) in [4.78, 5) is 163. The Labute approximate surface area is 599 Å². The van der Waals surface area contributed by atoms with Crippen molar-refractivity contribution in [3.05, 3.63) is 110 Å². The van der Waals surface area contributed by atoms with Gasteiger partial charge in [-0.3, -0.25) is 57.6 Å². The lowest BCUT2D eigenvalue weighted by Gasteiger charge is -2.31. The molecular weight excluding hydrogens is 1360 g/mol. The topological polar surface area (TPSA) is 416 Å². The maximum atomic E-state index is 15.5. The lowest BCUT2D eigenvalue weighted by Crippen LogP contribution is -2.52. The third kappa shape index (κ3) is 23.0. The van der Waals surface area contributed by atoms with Crippen LogP contribution in [0.5, 0.6) is 0 Å². The molecule has 1 aliphatic carbocycles. The van der Waals surface area contributed by atoms with E-state index in [-0.39, 0.29) is 88.4 Å². The van der Waals surface area contributed by atoms with Crippen LogP contribution in [0.15, 0.2) is 59.4 Å². The number of aryl methyl sites for hydroxylation is 1. The zero-order valence-electron chi connectivity index (χ0n) is 58.7. The van der Waals surface area contributed by atoms with Gasteiger partial charge >= 0.3 is 5.97 Å². The van der Waals surface area contributed by atoms with Gasteiger partial charge in [-0.05, 0) is 74.3 Å². The van der Waals surface area contributed by atoms with E-state index >= 15 is 4.39 Å². The fourth-order valence-electron chi connectivity index (χ4n) is 12.2. The molecule has 3 aliphatic heterocycles. The molecule has 33 heteroatoms. The molecule has 0 bridgehead atoms. The molecule has 2 aromatic heterocycles. The number of imide groups is 1. The van der Waals surface area contributed by atoms with Gasteiger partial charge in [-0.15, -0.1) is 0 Å². The second-order valence-corrected chi connectivity index (χ2v) is 24.9. The zero-order chi connectivity index (χ0) is 74.5. The van der Waals surface area contributed by atoms with E-state index < -0.39 is 140 Å². The van der Waals surface area contributed by atoms with E-state index in [0.717, 1.165) is 4.90 Å². The average molecular weight is 1450 g/mol. The average Bonchev–Trinajstić information content (AvgIpc) is 1.52. The molecule has 0 fully saturated rings. The van der Waals surface area contributed by atoms with Crippen LogP contribution in [0.3, 0.4) is 0 Å². The van der Waals surface area contributed by atoms with Gasteiger partial charge in [0.2, 0.25) is 47.3 Å². The Bertz CT molecular complexity index is 3820.